The third-order valence-electron chi connectivity index (χ3n) is 1.63. The van der Waals surface area contributed by atoms with E-state index in [9.17, 15) is 0 Å². The van der Waals surface area contributed by atoms with E-state index < -0.39 is 0 Å². The molecule has 0 heterocycles. The van der Waals surface area contributed by atoms with Gasteiger partial charge in [-0.05, 0) is 29.7 Å². The summed E-state index contributed by atoms with van der Waals surface area (Å²) in [5.41, 5.74) is 0.734. The minimum Gasteiger partial charge on any atom is -0.493 e. The summed E-state index contributed by atoms with van der Waals surface area (Å²) in [6, 6.07) is 5.50. The van der Waals surface area contributed by atoms with Gasteiger partial charge in [0.1, 0.15) is 12.4 Å². The van der Waals surface area contributed by atoms with E-state index in [0.29, 0.717) is 12.5 Å². The SMILES string of the molecule is CC(C)COc1cc(Br)cc([CH]O)c1. The van der Waals surface area contributed by atoms with Crippen molar-refractivity contribution in [2.75, 3.05) is 6.61 Å². The van der Waals surface area contributed by atoms with Crippen LogP contribution >= 0.6 is 15.9 Å². The average molecular weight is 258 g/mol. The van der Waals surface area contributed by atoms with Gasteiger partial charge >= 0.3 is 0 Å². The van der Waals surface area contributed by atoms with Crippen LogP contribution in [-0.2, 0) is 0 Å². The van der Waals surface area contributed by atoms with Crippen LogP contribution in [0, 0.1) is 12.5 Å². The van der Waals surface area contributed by atoms with E-state index in [2.05, 4.69) is 29.8 Å². The molecule has 0 aliphatic carbocycles. The third kappa shape index (κ3) is 3.68. The Hall–Kier alpha value is -0.540. The molecule has 0 spiro atoms. The molecular weight excluding hydrogens is 244 g/mol. The van der Waals surface area contributed by atoms with Gasteiger partial charge in [-0.3, -0.25) is 0 Å². The van der Waals surface area contributed by atoms with Crippen molar-refractivity contribution in [2.24, 2.45) is 5.92 Å². The highest BCUT2D eigenvalue weighted by Crippen LogP contribution is 2.22. The molecular formula is C11H14BrO2. The Morgan fingerprint density at radius 1 is 1.43 bits per heavy atom. The Morgan fingerprint density at radius 3 is 2.71 bits per heavy atom. The Morgan fingerprint density at radius 2 is 2.14 bits per heavy atom. The summed E-state index contributed by atoms with van der Waals surface area (Å²) in [7, 11) is 0. The maximum absolute atomic E-state index is 8.86. The van der Waals surface area contributed by atoms with Crippen LogP contribution in [0.1, 0.15) is 19.4 Å². The normalized spacial score (nSPS) is 10.6. The zero-order valence-corrected chi connectivity index (χ0v) is 9.91. The van der Waals surface area contributed by atoms with Gasteiger partial charge in [0.15, 0.2) is 0 Å². The zero-order chi connectivity index (χ0) is 10.6. The van der Waals surface area contributed by atoms with Crippen LogP contribution in [0.5, 0.6) is 5.75 Å². The molecule has 1 rings (SSSR count). The van der Waals surface area contributed by atoms with E-state index in [4.69, 9.17) is 9.84 Å². The highest BCUT2D eigenvalue weighted by molar-refractivity contribution is 9.10. The second-order valence-electron chi connectivity index (χ2n) is 3.55. The molecule has 0 aromatic heterocycles. The molecule has 0 amide bonds. The summed E-state index contributed by atoms with van der Waals surface area (Å²) in [6.07, 6.45) is 0. The first-order valence-electron chi connectivity index (χ1n) is 4.52. The van der Waals surface area contributed by atoms with E-state index in [0.717, 1.165) is 22.4 Å². The van der Waals surface area contributed by atoms with Crippen molar-refractivity contribution in [3.05, 3.63) is 34.8 Å². The lowest BCUT2D eigenvalue weighted by Crippen LogP contribution is -2.04. The quantitative estimate of drug-likeness (QED) is 0.897. The van der Waals surface area contributed by atoms with Gasteiger partial charge < -0.3 is 9.84 Å². The summed E-state index contributed by atoms with van der Waals surface area (Å²) < 4.78 is 6.43. The molecule has 0 saturated heterocycles. The fraction of sp³-hybridized carbons (Fsp3) is 0.364. The molecule has 0 aliphatic rings. The van der Waals surface area contributed by atoms with Gasteiger partial charge in [-0.1, -0.05) is 29.8 Å². The maximum atomic E-state index is 8.86. The number of hydrogen-bond acceptors (Lipinski definition) is 2. The van der Waals surface area contributed by atoms with Gasteiger partial charge in [0.05, 0.1) is 6.61 Å². The molecule has 1 N–H and O–H groups in total. The van der Waals surface area contributed by atoms with Gasteiger partial charge in [0.2, 0.25) is 0 Å². The number of ether oxygens (including phenoxy) is 1. The van der Waals surface area contributed by atoms with Crippen molar-refractivity contribution >= 4 is 15.9 Å². The summed E-state index contributed by atoms with van der Waals surface area (Å²) in [4.78, 5) is 0. The van der Waals surface area contributed by atoms with Crippen molar-refractivity contribution in [2.45, 2.75) is 13.8 Å². The van der Waals surface area contributed by atoms with Gasteiger partial charge in [-0.2, -0.15) is 0 Å². The molecule has 77 valence electrons. The number of aliphatic hydroxyl groups excluding tert-OH is 1. The molecule has 3 heteroatoms. The molecule has 0 aliphatic heterocycles. The van der Waals surface area contributed by atoms with Crippen molar-refractivity contribution in [1.82, 2.24) is 0 Å². The number of benzene rings is 1. The Kier molecular flexibility index (Phi) is 4.42. The Labute approximate surface area is 93.0 Å². The van der Waals surface area contributed by atoms with Crippen LogP contribution < -0.4 is 4.74 Å². The number of rotatable bonds is 4. The first kappa shape index (κ1) is 11.5. The molecule has 1 radical (unpaired) electrons. The van der Waals surface area contributed by atoms with Gasteiger partial charge in [0.25, 0.3) is 0 Å². The zero-order valence-electron chi connectivity index (χ0n) is 8.33. The molecule has 0 unspecified atom stereocenters. The van der Waals surface area contributed by atoms with Crippen LogP contribution in [0.3, 0.4) is 0 Å². The molecule has 1 aromatic rings. The van der Waals surface area contributed by atoms with Gasteiger partial charge in [0, 0.05) is 4.47 Å². The lowest BCUT2D eigenvalue weighted by molar-refractivity contribution is 0.270. The van der Waals surface area contributed by atoms with Gasteiger partial charge in [-0.15, -0.1) is 0 Å². The van der Waals surface area contributed by atoms with Crippen LogP contribution in [-0.4, -0.2) is 11.7 Å². The van der Waals surface area contributed by atoms with E-state index in [1.165, 1.54) is 0 Å². The largest absolute Gasteiger partial charge is 0.493 e. The average Bonchev–Trinajstić information content (AvgIpc) is 2.14. The maximum Gasteiger partial charge on any atom is 0.120 e. The van der Waals surface area contributed by atoms with E-state index in [1.54, 1.807) is 6.07 Å². The third-order valence-corrected chi connectivity index (χ3v) is 2.08. The highest BCUT2D eigenvalue weighted by atomic mass is 79.9. The molecule has 2 nitrogen and oxygen atoms in total. The second-order valence-corrected chi connectivity index (χ2v) is 4.47. The smallest absolute Gasteiger partial charge is 0.120 e. The second kappa shape index (κ2) is 5.37. The summed E-state index contributed by atoms with van der Waals surface area (Å²) in [5.74, 6) is 1.27. The molecule has 1 aromatic carbocycles. The minimum absolute atomic E-state index is 0.496. The highest BCUT2D eigenvalue weighted by Gasteiger charge is 2.01. The number of halogens is 1. The fourth-order valence-electron chi connectivity index (χ4n) is 1.01. The Bertz CT molecular complexity index is 297. The predicted molar refractivity (Wildman–Crippen MR) is 59.8 cm³/mol. The molecule has 0 fully saturated rings. The van der Waals surface area contributed by atoms with Crippen LogP contribution in [0.2, 0.25) is 0 Å². The van der Waals surface area contributed by atoms with Crippen molar-refractivity contribution in [1.29, 1.82) is 0 Å². The van der Waals surface area contributed by atoms with Crippen molar-refractivity contribution < 1.29 is 9.84 Å². The van der Waals surface area contributed by atoms with Gasteiger partial charge in [-0.25, -0.2) is 0 Å². The molecule has 14 heavy (non-hydrogen) atoms. The van der Waals surface area contributed by atoms with Crippen molar-refractivity contribution in [3.63, 3.8) is 0 Å². The summed E-state index contributed by atoms with van der Waals surface area (Å²) in [5, 5.41) is 8.86. The molecule has 0 saturated carbocycles. The van der Waals surface area contributed by atoms with Crippen LogP contribution in [0.4, 0.5) is 0 Å². The van der Waals surface area contributed by atoms with E-state index >= 15 is 0 Å². The lowest BCUT2D eigenvalue weighted by Gasteiger charge is -2.09. The van der Waals surface area contributed by atoms with Crippen molar-refractivity contribution in [3.8, 4) is 5.75 Å². The minimum atomic E-state index is 0.496. The standard InChI is InChI=1S/C11H14BrO2/c1-8(2)7-14-11-4-9(6-13)3-10(12)5-11/h3-6,8,13H,7H2,1-2H3. The monoisotopic (exact) mass is 257 g/mol. The molecule has 0 atom stereocenters. The number of hydrogen-bond donors (Lipinski definition) is 1. The predicted octanol–water partition coefficient (Wildman–Crippen LogP) is 3.37. The first-order valence-corrected chi connectivity index (χ1v) is 5.32. The summed E-state index contributed by atoms with van der Waals surface area (Å²) in [6.45, 7) is 5.93. The van der Waals surface area contributed by atoms with E-state index in [-0.39, 0.29) is 0 Å². The van der Waals surface area contributed by atoms with Crippen LogP contribution in [0.15, 0.2) is 22.7 Å². The topological polar surface area (TPSA) is 29.5 Å². The fourth-order valence-corrected chi connectivity index (χ4v) is 1.50. The lowest BCUT2D eigenvalue weighted by atomic mass is 10.2. The van der Waals surface area contributed by atoms with E-state index in [1.807, 2.05) is 12.1 Å². The number of aliphatic hydroxyl groups is 1. The Balaban J connectivity index is 2.71. The first-order chi connectivity index (χ1) is 6.61. The molecule has 0 bridgehead atoms. The van der Waals surface area contributed by atoms with Crippen LogP contribution in [0.25, 0.3) is 0 Å². The summed E-state index contributed by atoms with van der Waals surface area (Å²) >= 11 is 3.35.